The van der Waals surface area contributed by atoms with Gasteiger partial charge in [-0.25, -0.2) is 9.17 Å². The first-order valence-corrected chi connectivity index (χ1v) is 8.46. The van der Waals surface area contributed by atoms with Gasteiger partial charge in [0.25, 0.3) is 0 Å². The number of aliphatic hydroxyl groups is 1. The molecule has 1 fully saturated rings. The van der Waals surface area contributed by atoms with Crippen molar-refractivity contribution in [2.75, 3.05) is 20.1 Å². The number of esters is 1. The maximum absolute atomic E-state index is 12.8. The van der Waals surface area contributed by atoms with E-state index in [1.165, 1.54) is 0 Å². The van der Waals surface area contributed by atoms with Gasteiger partial charge in [-0.1, -0.05) is 30.3 Å². The third kappa shape index (κ3) is 3.29. The minimum Gasteiger partial charge on any atom is -0.460 e. The van der Waals surface area contributed by atoms with E-state index in [0.717, 1.165) is 37.5 Å². The predicted molar refractivity (Wildman–Crippen MR) is 88.2 cm³/mol. The Kier molecular flexibility index (Phi) is 4.75. The molecule has 1 saturated heterocycles. The SMILES string of the molecule is CN1CCC(OC(=O)[C@@](O)(c2ccccc2)c2ccns2)CC1. The smallest absolute Gasteiger partial charge is 0.348 e. The number of benzene rings is 1. The molecule has 0 bridgehead atoms. The summed E-state index contributed by atoms with van der Waals surface area (Å²) >= 11 is 1.11. The Morgan fingerprint density at radius 2 is 2.00 bits per heavy atom. The third-order valence-electron chi connectivity index (χ3n) is 4.22. The van der Waals surface area contributed by atoms with Crippen LogP contribution in [-0.2, 0) is 15.1 Å². The van der Waals surface area contributed by atoms with Gasteiger partial charge in [0, 0.05) is 24.8 Å². The van der Waals surface area contributed by atoms with Crippen molar-refractivity contribution in [3.8, 4) is 0 Å². The molecule has 2 heterocycles. The van der Waals surface area contributed by atoms with Crippen molar-refractivity contribution in [1.29, 1.82) is 0 Å². The highest BCUT2D eigenvalue weighted by atomic mass is 32.1. The molecule has 6 heteroatoms. The molecule has 1 aliphatic rings. The molecular formula is C17H20N2O3S. The molecule has 1 aliphatic heterocycles. The van der Waals surface area contributed by atoms with Crippen molar-refractivity contribution in [2.24, 2.45) is 0 Å². The molecule has 1 aromatic carbocycles. The Labute approximate surface area is 139 Å². The van der Waals surface area contributed by atoms with Crippen LogP contribution < -0.4 is 0 Å². The summed E-state index contributed by atoms with van der Waals surface area (Å²) in [6.45, 7) is 1.78. The zero-order valence-electron chi connectivity index (χ0n) is 13.0. The maximum atomic E-state index is 12.8. The molecule has 1 N–H and O–H groups in total. The van der Waals surface area contributed by atoms with Crippen LogP contribution in [0.5, 0.6) is 0 Å². The highest BCUT2D eigenvalue weighted by molar-refractivity contribution is 7.06. The summed E-state index contributed by atoms with van der Waals surface area (Å²) in [6.07, 6.45) is 3.00. The second kappa shape index (κ2) is 6.78. The van der Waals surface area contributed by atoms with Crippen LogP contribution >= 0.6 is 11.5 Å². The maximum Gasteiger partial charge on any atom is 0.348 e. The van der Waals surface area contributed by atoms with E-state index in [2.05, 4.69) is 16.3 Å². The van der Waals surface area contributed by atoms with Crippen LogP contribution in [0.4, 0.5) is 0 Å². The van der Waals surface area contributed by atoms with Gasteiger partial charge in [0.15, 0.2) is 0 Å². The van der Waals surface area contributed by atoms with Crippen LogP contribution in [0.15, 0.2) is 42.6 Å². The summed E-state index contributed by atoms with van der Waals surface area (Å²) < 4.78 is 9.67. The van der Waals surface area contributed by atoms with Crippen LogP contribution in [0, 0.1) is 0 Å². The third-order valence-corrected chi connectivity index (χ3v) is 5.08. The van der Waals surface area contributed by atoms with Crippen LogP contribution in [0.1, 0.15) is 23.3 Å². The lowest BCUT2D eigenvalue weighted by Gasteiger charge is -2.32. The molecule has 0 spiro atoms. The number of ether oxygens (including phenoxy) is 1. The molecule has 0 unspecified atom stereocenters. The average Bonchev–Trinajstić information content (AvgIpc) is 3.12. The topological polar surface area (TPSA) is 62.7 Å². The zero-order chi connectivity index (χ0) is 16.3. The number of rotatable bonds is 4. The minimum atomic E-state index is -1.80. The highest BCUT2D eigenvalue weighted by Crippen LogP contribution is 2.34. The van der Waals surface area contributed by atoms with Crippen LogP contribution in [0.3, 0.4) is 0 Å². The number of hydrogen-bond donors (Lipinski definition) is 1. The highest BCUT2D eigenvalue weighted by Gasteiger charge is 2.44. The Balaban J connectivity index is 1.86. The quantitative estimate of drug-likeness (QED) is 0.868. The van der Waals surface area contributed by atoms with Crippen molar-refractivity contribution >= 4 is 17.5 Å². The van der Waals surface area contributed by atoms with E-state index in [1.807, 2.05) is 6.07 Å². The molecule has 3 rings (SSSR count). The molecule has 0 amide bonds. The number of carbonyl (C=O) groups excluding carboxylic acids is 1. The summed E-state index contributed by atoms with van der Waals surface area (Å²) in [7, 11) is 2.05. The molecule has 0 aliphatic carbocycles. The number of carbonyl (C=O) groups is 1. The number of hydrogen-bond acceptors (Lipinski definition) is 6. The van der Waals surface area contributed by atoms with E-state index in [9.17, 15) is 9.90 Å². The number of piperidine rings is 1. The van der Waals surface area contributed by atoms with E-state index in [0.29, 0.717) is 10.4 Å². The lowest BCUT2D eigenvalue weighted by Crippen LogP contribution is -2.42. The molecule has 122 valence electrons. The van der Waals surface area contributed by atoms with E-state index >= 15 is 0 Å². The Morgan fingerprint density at radius 3 is 2.61 bits per heavy atom. The number of aromatic nitrogens is 1. The van der Waals surface area contributed by atoms with Gasteiger partial charge >= 0.3 is 5.97 Å². The summed E-state index contributed by atoms with van der Waals surface area (Å²) in [4.78, 5) is 15.5. The fraction of sp³-hybridized carbons (Fsp3) is 0.412. The molecular weight excluding hydrogens is 312 g/mol. The fourth-order valence-corrected chi connectivity index (χ4v) is 3.47. The van der Waals surface area contributed by atoms with E-state index in [-0.39, 0.29) is 6.10 Å². The van der Waals surface area contributed by atoms with Crippen LogP contribution in [0.2, 0.25) is 0 Å². The van der Waals surface area contributed by atoms with Crippen molar-refractivity contribution in [1.82, 2.24) is 9.27 Å². The average molecular weight is 332 g/mol. The number of nitrogens with zero attached hydrogens (tertiary/aromatic N) is 2. The van der Waals surface area contributed by atoms with Gasteiger partial charge in [-0.05, 0) is 37.5 Å². The van der Waals surface area contributed by atoms with E-state index in [1.54, 1.807) is 36.5 Å². The number of likely N-dealkylation sites (tertiary alicyclic amines) is 1. The lowest BCUT2D eigenvalue weighted by atomic mass is 9.92. The summed E-state index contributed by atoms with van der Waals surface area (Å²) in [5, 5.41) is 11.2. The molecule has 1 aromatic heterocycles. The van der Waals surface area contributed by atoms with Gasteiger partial charge in [0.1, 0.15) is 6.10 Å². The summed E-state index contributed by atoms with van der Waals surface area (Å²) in [6, 6.07) is 10.6. The molecule has 0 saturated carbocycles. The van der Waals surface area contributed by atoms with Crippen molar-refractivity contribution < 1.29 is 14.6 Å². The summed E-state index contributed by atoms with van der Waals surface area (Å²) in [5.74, 6) is -0.623. The van der Waals surface area contributed by atoms with Gasteiger partial charge in [-0.3, -0.25) is 0 Å². The minimum absolute atomic E-state index is 0.151. The fourth-order valence-electron chi connectivity index (χ4n) is 2.78. The summed E-state index contributed by atoms with van der Waals surface area (Å²) in [5.41, 5.74) is -1.30. The molecule has 1 atom stereocenters. The Morgan fingerprint density at radius 1 is 1.30 bits per heavy atom. The zero-order valence-corrected chi connectivity index (χ0v) is 13.8. The monoisotopic (exact) mass is 332 g/mol. The lowest BCUT2D eigenvalue weighted by molar-refractivity contribution is -0.169. The first kappa shape index (κ1) is 16.1. The van der Waals surface area contributed by atoms with Crippen molar-refractivity contribution in [2.45, 2.75) is 24.5 Å². The second-order valence-electron chi connectivity index (χ2n) is 5.86. The standard InChI is InChI=1S/C17H20N2O3S/c1-19-11-8-14(9-12-19)22-16(20)17(21,15-7-10-18-23-15)13-5-3-2-4-6-13/h2-7,10,14,21H,8-9,11-12H2,1H3/t17-/m1/s1. The van der Waals surface area contributed by atoms with Crippen molar-refractivity contribution in [3.63, 3.8) is 0 Å². The largest absolute Gasteiger partial charge is 0.460 e. The second-order valence-corrected chi connectivity index (χ2v) is 6.69. The molecule has 2 aromatic rings. The first-order valence-electron chi connectivity index (χ1n) is 7.69. The van der Waals surface area contributed by atoms with Gasteiger partial charge in [-0.2, -0.15) is 0 Å². The van der Waals surface area contributed by atoms with Crippen molar-refractivity contribution in [3.05, 3.63) is 53.0 Å². The normalized spacial score (nSPS) is 19.2. The van der Waals surface area contributed by atoms with Gasteiger partial charge < -0.3 is 14.7 Å². The van der Waals surface area contributed by atoms with Gasteiger partial charge in [0.05, 0.1) is 4.88 Å². The van der Waals surface area contributed by atoms with Gasteiger partial charge in [0.2, 0.25) is 5.60 Å². The Hall–Kier alpha value is -1.76. The Bertz CT molecular complexity index is 639. The van der Waals surface area contributed by atoms with E-state index < -0.39 is 11.6 Å². The van der Waals surface area contributed by atoms with Crippen LogP contribution in [-0.4, -0.2) is 46.6 Å². The van der Waals surface area contributed by atoms with Gasteiger partial charge in [-0.15, -0.1) is 0 Å². The van der Waals surface area contributed by atoms with Crippen LogP contribution in [0.25, 0.3) is 0 Å². The first-order chi connectivity index (χ1) is 11.1. The molecule has 23 heavy (non-hydrogen) atoms. The van der Waals surface area contributed by atoms with E-state index in [4.69, 9.17) is 4.74 Å². The molecule has 0 radical (unpaired) electrons. The predicted octanol–water partition coefficient (Wildman–Crippen LogP) is 2.02. The molecule has 5 nitrogen and oxygen atoms in total.